The highest BCUT2D eigenvalue weighted by Gasteiger charge is 2.29. The smallest absolute Gasteiger partial charge is 0.163 e. The van der Waals surface area contributed by atoms with Gasteiger partial charge in [0, 0.05) is 33.4 Å². The average molecular weight is 392 g/mol. The van der Waals surface area contributed by atoms with Gasteiger partial charge in [0.05, 0.1) is 0 Å². The lowest BCUT2D eigenvalue weighted by atomic mass is 9.96. The van der Waals surface area contributed by atoms with Gasteiger partial charge in [-0.25, -0.2) is 9.37 Å². The van der Waals surface area contributed by atoms with Crippen LogP contribution >= 0.6 is 34.3 Å². The molecule has 1 aliphatic heterocycles. The van der Waals surface area contributed by atoms with E-state index in [9.17, 15) is 4.39 Å². The molecule has 126 valence electrons. The molecule has 9 heteroatoms. The second-order valence-corrected chi connectivity index (χ2v) is 7.43. The van der Waals surface area contributed by atoms with Gasteiger partial charge in [0.25, 0.3) is 0 Å². The summed E-state index contributed by atoms with van der Waals surface area (Å²) in [5, 5.41) is 15.1. The maximum Gasteiger partial charge on any atom is 0.163 e. The number of rotatable bonds is 3. The Labute approximate surface area is 155 Å². The van der Waals surface area contributed by atoms with Crippen LogP contribution in [0, 0.1) is 5.82 Å². The minimum Gasteiger partial charge on any atom is -0.341 e. The molecule has 3 heterocycles. The van der Waals surface area contributed by atoms with Crippen LogP contribution in [0.3, 0.4) is 0 Å². The first-order valence-corrected chi connectivity index (χ1v) is 9.44. The van der Waals surface area contributed by atoms with E-state index in [1.165, 1.54) is 34.8 Å². The van der Waals surface area contributed by atoms with Crippen molar-refractivity contribution in [2.24, 2.45) is 4.99 Å². The molecule has 3 aromatic rings. The Kier molecular flexibility index (Phi) is 4.32. The van der Waals surface area contributed by atoms with Crippen molar-refractivity contribution < 1.29 is 4.39 Å². The van der Waals surface area contributed by atoms with Gasteiger partial charge in [-0.1, -0.05) is 17.7 Å². The number of benzene rings is 1. The van der Waals surface area contributed by atoms with Crippen molar-refractivity contribution in [3.8, 4) is 0 Å². The topological polar surface area (TPSA) is 63.1 Å². The molecular weight excluding hydrogens is 381 g/mol. The second kappa shape index (κ2) is 6.62. The Bertz CT molecular complexity index is 967. The van der Waals surface area contributed by atoms with Gasteiger partial charge < -0.3 is 5.32 Å². The van der Waals surface area contributed by atoms with E-state index in [4.69, 9.17) is 16.6 Å². The zero-order valence-corrected chi connectivity index (χ0v) is 15.3. The predicted octanol–water partition coefficient (Wildman–Crippen LogP) is 4.31. The van der Waals surface area contributed by atoms with E-state index in [1.54, 1.807) is 17.8 Å². The number of thiazole rings is 1. The van der Waals surface area contributed by atoms with E-state index in [-0.39, 0.29) is 5.82 Å². The summed E-state index contributed by atoms with van der Waals surface area (Å²) in [5.41, 5.74) is 4.14. The van der Waals surface area contributed by atoms with Crippen LogP contribution in [0.1, 0.15) is 28.5 Å². The van der Waals surface area contributed by atoms with Gasteiger partial charge in [-0.05, 0) is 19.1 Å². The van der Waals surface area contributed by atoms with Gasteiger partial charge in [-0.15, -0.1) is 32.9 Å². The third-order valence-electron chi connectivity index (χ3n) is 3.72. The second-order valence-electron chi connectivity index (χ2n) is 5.29. The summed E-state index contributed by atoms with van der Waals surface area (Å²) >= 11 is 9.22. The summed E-state index contributed by atoms with van der Waals surface area (Å²) < 4.78 is 13.5. The summed E-state index contributed by atoms with van der Waals surface area (Å²) in [5.74, 6) is 0.274. The standard InChI is InChI=1S/C16H11ClFN5S2/c1-8-12(15-23-20-7-25-15)13(10-3-2-9(18)6-11(10)17)22-14(21-8)16-19-4-5-24-16/h2-7,13H,1H3,(H,21,22). The van der Waals surface area contributed by atoms with Crippen molar-refractivity contribution in [2.75, 3.05) is 0 Å². The SMILES string of the molecule is CC1=C(c2nncs2)C(c2ccc(F)cc2Cl)N=C(c2nccs2)N1. The Morgan fingerprint density at radius 1 is 1.24 bits per heavy atom. The minimum atomic E-state index is -0.416. The first kappa shape index (κ1) is 16.3. The number of aliphatic imine (C=N–C) groups is 1. The fraction of sp³-hybridized carbons (Fsp3) is 0.125. The molecule has 25 heavy (non-hydrogen) atoms. The van der Waals surface area contributed by atoms with Crippen LogP contribution in [0.25, 0.3) is 5.57 Å². The van der Waals surface area contributed by atoms with Crippen molar-refractivity contribution >= 4 is 45.7 Å². The van der Waals surface area contributed by atoms with Gasteiger partial charge in [-0.2, -0.15) is 0 Å². The lowest BCUT2D eigenvalue weighted by molar-refractivity contribution is 0.626. The third kappa shape index (κ3) is 3.08. The van der Waals surface area contributed by atoms with E-state index < -0.39 is 6.04 Å². The fourth-order valence-electron chi connectivity index (χ4n) is 2.64. The molecule has 5 nitrogen and oxygen atoms in total. The normalized spacial score (nSPS) is 17.4. The lowest BCUT2D eigenvalue weighted by Crippen LogP contribution is -2.29. The number of aromatic nitrogens is 3. The van der Waals surface area contributed by atoms with Crippen molar-refractivity contribution in [1.82, 2.24) is 20.5 Å². The van der Waals surface area contributed by atoms with Crippen LogP contribution < -0.4 is 5.32 Å². The van der Waals surface area contributed by atoms with Crippen LogP contribution in [0.2, 0.25) is 5.02 Å². The number of allylic oxidation sites excluding steroid dienone is 1. The van der Waals surface area contributed by atoms with Crippen molar-refractivity contribution in [3.05, 3.63) is 67.4 Å². The molecule has 1 aromatic carbocycles. The first-order valence-electron chi connectivity index (χ1n) is 7.30. The quantitative estimate of drug-likeness (QED) is 0.722. The van der Waals surface area contributed by atoms with Gasteiger partial charge in [-0.3, -0.25) is 4.99 Å². The van der Waals surface area contributed by atoms with Crippen LogP contribution in [0.4, 0.5) is 4.39 Å². The van der Waals surface area contributed by atoms with E-state index in [0.29, 0.717) is 16.4 Å². The first-order chi connectivity index (χ1) is 12.1. The Morgan fingerprint density at radius 3 is 2.80 bits per heavy atom. The Morgan fingerprint density at radius 2 is 2.12 bits per heavy atom. The maximum atomic E-state index is 13.5. The monoisotopic (exact) mass is 391 g/mol. The molecule has 0 amide bonds. The lowest BCUT2D eigenvalue weighted by Gasteiger charge is -2.26. The molecule has 1 unspecified atom stereocenters. The van der Waals surface area contributed by atoms with Crippen LogP contribution in [-0.2, 0) is 0 Å². The molecule has 0 bridgehead atoms. The molecule has 0 saturated heterocycles. The fourth-order valence-corrected chi connectivity index (χ4v) is 4.18. The summed E-state index contributed by atoms with van der Waals surface area (Å²) in [6.45, 7) is 1.95. The van der Waals surface area contributed by atoms with Crippen LogP contribution in [0.5, 0.6) is 0 Å². The van der Waals surface area contributed by atoms with Crippen molar-refractivity contribution in [3.63, 3.8) is 0 Å². The van der Waals surface area contributed by atoms with Crippen LogP contribution in [-0.4, -0.2) is 21.0 Å². The van der Waals surface area contributed by atoms with Crippen molar-refractivity contribution in [1.29, 1.82) is 0 Å². The highest BCUT2D eigenvalue weighted by atomic mass is 35.5. The predicted molar refractivity (Wildman–Crippen MR) is 98.4 cm³/mol. The molecule has 0 radical (unpaired) electrons. The van der Waals surface area contributed by atoms with E-state index in [2.05, 4.69) is 20.5 Å². The number of nitrogens with zero attached hydrogens (tertiary/aromatic N) is 4. The highest BCUT2D eigenvalue weighted by Crippen LogP contribution is 2.41. The minimum absolute atomic E-state index is 0.323. The zero-order chi connectivity index (χ0) is 17.4. The molecular formula is C16H11ClFN5S2. The number of hydrogen-bond donors (Lipinski definition) is 1. The van der Waals surface area contributed by atoms with Crippen LogP contribution in [0.15, 0.2) is 46.0 Å². The molecule has 2 aromatic heterocycles. The molecule has 1 atom stereocenters. The van der Waals surface area contributed by atoms with Gasteiger partial charge in [0.1, 0.15) is 22.4 Å². The summed E-state index contributed by atoms with van der Waals surface area (Å²) in [6.07, 6.45) is 1.73. The van der Waals surface area contributed by atoms with Crippen molar-refractivity contribution in [2.45, 2.75) is 13.0 Å². The molecule has 0 saturated carbocycles. The molecule has 0 fully saturated rings. The summed E-state index contributed by atoms with van der Waals surface area (Å²) in [6, 6.07) is 3.92. The average Bonchev–Trinajstić information content (AvgIpc) is 3.28. The summed E-state index contributed by atoms with van der Waals surface area (Å²) in [4.78, 5) is 9.11. The van der Waals surface area contributed by atoms with E-state index in [0.717, 1.165) is 21.3 Å². The van der Waals surface area contributed by atoms with Gasteiger partial charge >= 0.3 is 0 Å². The van der Waals surface area contributed by atoms with Gasteiger partial charge in [0.2, 0.25) is 0 Å². The largest absolute Gasteiger partial charge is 0.341 e. The molecule has 0 spiro atoms. The third-order valence-corrected chi connectivity index (χ3v) is 5.56. The molecule has 1 aliphatic rings. The highest BCUT2D eigenvalue weighted by molar-refractivity contribution is 7.11. The number of hydrogen-bond acceptors (Lipinski definition) is 7. The van der Waals surface area contributed by atoms with E-state index >= 15 is 0 Å². The zero-order valence-electron chi connectivity index (χ0n) is 12.9. The van der Waals surface area contributed by atoms with Gasteiger partial charge in [0.15, 0.2) is 10.8 Å². The Balaban J connectivity index is 1.88. The maximum absolute atomic E-state index is 13.5. The number of halogens is 2. The number of amidine groups is 1. The molecule has 0 aliphatic carbocycles. The molecule has 4 rings (SSSR count). The summed E-state index contributed by atoms with van der Waals surface area (Å²) in [7, 11) is 0. The Hall–Kier alpha value is -2.16. The molecule has 1 N–H and O–H groups in total. The van der Waals surface area contributed by atoms with E-state index in [1.807, 2.05) is 12.3 Å². The number of nitrogens with one attached hydrogen (secondary N) is 1.